The van der Waals surface area contributed by atoms with Crippen molar-refractivity contribution in [2.24, 2.45) is 0 Å². The quantitative estimate of drug-likeness (QED) is 0.754. The molecule has 0 unspecified atom stereocenters. The zero-order valence-electron chi connectivity index (χ0n) is 9.60. The summed E-state index contributed by atoms with van der Waals surface area (Å²) >= 11 is 0. The number of methoxy groups -OCH3 is 1. The lowest BCUT2D eigenvalue weighted by Gasteiger charge is -2.06. The van der Waals surface area contributed by atoms with Crippen molar-refractivity contribution in [2.75, 3.05) is 19.0 Å². The van der Waals surface area contributed by atoms with E-state index in [0.29, 0.717) is 17.7 Å². The van der Waals surface area contributed by atoms with Crippen molar-refractivity contribution in [3.63, 3.8) is 0 Å². The lowest BCUT2D eigenvalue weighted by molar-refractivity contribution is -0.116. The van der Waals surface area contributed by atoms with Crippen LogP contribution in [0.2, 0.25) is 0 Å². The molecule has 0 radical (unpaired) electrons. The lowest BCUT2D eigenvalue weighted by Crippen LogP contribution is -2.12. The lowest BCUT2D eigenvalue weighted by atomic mass is 10.2. The van der Waals surface area contributed by atoms with Crippen LogP contribution in [0.3, 0.4) is 0 Å². The number of carbonyl (C=O) groups is 2. The predicted molar refractivity (Wildman–Crippen MR) is 62.7 cm³/mol. The molecule has 2 N–H and O–H groups in total. The third kappa shape index (κ3) is 4.24. The van der Waals surface area contributed by atoms with Gasteiger partial charge in [0.2, 0.25) is 5.91 Å². The van der Waals surface area contributed by atoms with Crippen LogP contribution in [0.1, 0.15) is 23.2 Å². The summed E-state index contributed by atoms with van der Waals surface area (Å²) < 4.78 is 4.58. The van der Waals surface area contributed by atoms with Crippen LogP contribution >= 0.6 is 0 Å². The van der Waals surface area contributed by atoms with Gasteiger partial charge in [-0.1, -0.05) is 6.07 Å². The maximum Gasteiger partial charge on any atom is 0.337 e. The number of anilines is 1. The Morgan fingerprint density at radius 3 is 2.82 bits per heavy atom. The van der Waals surface area contributed by atoms with E-state index in [1.165, 1.54) is 7.11 Å². The molecule has 0 aliphatic rings. The normalized spacial score (nSPS) is 9.76. The topological polar surface area (TPSA) is 75.6 Å². The number of ether oxygens (including phenoxy) is 1. The molecule has 1 aromatic rings. The monoisotopic (exact) mass is 237 g/mol. The molecule has 0 saturated carbocycles. The van der Waals surface area contributed by atoms with Gasteiger partial charge in [-0.05, 0) is 24.6 Å². The number of hydrogen-bond acceptors (Lipinski definition) is 4. The van der Waals surface area contributed by atoms with Crippen molar-refractivity contribution in [3.8, 4) is 0 Å². The summed E-state index contributed by atoms with van der Waals surface area (Å²) in [6.07, 6.45) is 0.668. The highest BCUT2D eigenvalue weighted by molar-refractivity contribution is 5.94. The molecule has 0 heterocycles. The first kappa shape index (κ1) is 13.2. The van der Waals surface area contributed by atoms with Crippen molar-refractivity contribution in [2.45, 2.75) is 12.8 Å². The fraction of sp³-hybridized carbons (Fsp3) is 0.333. The molecule has 0 spiro atoms. The molecule has 1 amide bonds. The summed E-state index contributed by atoms with van der Waals surface area (Å²) in [4.78, 5) is 22.6. The van der Waals surface area contributed by atoms with Gasteiger partial charge >= 0.3 is 5.97 Å². The Labute approximate surface area is 99.4 Å². The van der Waals surface area contributed by atoms with Crippen LogP contribution in [0, 0.1) is 0 Å². The zero-order valence-corrected chi connectivity index (χ0v) is 9.60. The Morgan fingerprint density at radius 1 is 1.41 bits per heavy atom. The molecule has 5 nitrogen and oxygen atoms in total. The van der Waals surface area contributed by atoms with Crippen LogP contribution in [0.25, 0.3) is 0 Å². The summed E-state index contributed by atoms with van der Waals surface area (Å²) in [6.45, 7) is -0.0182. The molecule has 0 aliphatic carbocycles. The maximum absolute atomic E-state index is 11.4. The molecule has 0 bridgehead atoms. The van der Waals surface area contributed by atoms with E-state index < -0.39 is 5.97 Å². The average Bonchev–Trinajstić information content (AvgIpc) is 2.35. The van der Waals surface area contributed by atoms with Crippen molar-refractivity contribution in [1.29, 1.82) is 0 Å². The first-order valence-electron chi connectivity index (χ1n) is 5.26. The van der Waals surface area contributed by atoms with Gasteiger partial charge in [-0.3, -0.25) is 4.79 Å². The minimum atomic E-state index is -0.448. The van der Waals surface area contributed by atoms with Crippen molar-refractivity contribution in [3.05, 3.63) is 29.8 Å². The Balaban J connectivity index is 2.65. The van der Waals surface area contributed by atoms with E-state index in [4.69, 9.17) is 5.11 Å². The molecular weight excluding hydrogens is 222 g/mol. The third-order valence-electron chi connectivity index (χ3n) is 2.13. The Bertz CT molecular complexity index is 403. The highest BCUT2D eigenvalue weighted by atomic mass is 16.5. The van der Waals surface area contributed by atoms with E-state index >= 15 is 0 Å². The largest absolute Gasteiger partial charge is 0.465 e. The van der Waals surface area contributed by atoms with E-state index in [-0.39, 0.29) is 18.9 Å². The predicted octanol–water partition coefficient (Wildman–Crippen LogP) is 1.18. The molecule has 0 saturated heterocycles. The third-order valence-corrected chi connectivity index (χ3v) is 2.13. The molecule has 92 valence electrons. The second kappa shape index (κ2) is 6.65. The first-order valence-corrected chi connectivity index (χ1v) is 5.26. The second-order valence-corrected chi connectivity index (χ2v) is 3.45. The number of carbonyl (C=O) groups excluding carboxylic acids is 2. The van der Waals surface area contributed by atoms with Gasteiger partial charge < -0.3 is 15.2 Å². The molecular formula is C12H15NO4. The van der Waals surface area contributed by atoms with Gasteiger partial charge in [0.15, 0.2) is 0 Å². The van der Waals surface area contributed by atoms with Crippen molar-refractivity contribution >= 4 is 17.6 Å². The standard InChI is InChI=1S/C12H15NO4/c1-17-12(16)9-4-2-5-10(8-9)13-11(15)6-3-7-14/h2,4-5,8,14H,3,6-7H2,1H3,(H,13,15). The summed E-state index contributed by atoms with van der Waals surface area (Å²) in [5.74, 6) is -0.641. The summed E-state index contributed by atoms with van der Waals surface area (Å²) in [5, 5.41) is 11.2. The molecule has 5 heteroatoms. The van der Waals surface area contributed by atoms with Gasteiger partial charge in [-0.15, -0.1) is 0 Å². The number of hydrogen-bond donors (Lipinski definition) is 2. The van der Waals surface area contributed by atoms with Crippen LogP contribution < -0.4 is 5.32 Å². The fourth-order valence-electron chi connectivity index (χ4n) is 1.30. The molecule has 1 aromatic carbocycles. The minimum Gasteiger partial charge on any atom is -0.465 e. The van der Waals surface area contributed by atoms with Crippen molar-refractivity contribution < 1.29 is 19.4 Å². The number of amides is 1. The number of benzene rings is 1. The summed E-state index contributed by atoms with van der Waals surface area (Å²) in [5.41, 5.74) is 0.920. The first-order chi connectivity index (χ1) is 8.17. The maximum atomic E-state index is 11.4. The molecule has 17 heavy (non-hydrogen) atoms. The van der Waals surface area contributed by atoms with E-state index in [2.05, 4.69) is 10.1 Å². The van der Waals surface area contributed by atoms with Gasteiger partial charge in [0.25, 0.3) is 0 Å². The number of aliphatic hydroxyl groups excluding tert-OH is 1. The van der Waals surface area contributed by atoms with E-state index in [0.717, 1.165) is 0 Å². The Morgan fingerprint density at radius 2 is 2.18 bits per heavy atom. The smallest absolute Gasteiger partial charge is 0.337 e. The van der Waals surface area contributed by atoms with Crippen LogP contribution in [0.5, 0.6) is 0 Å². The summed E-state index contributed by atoms with van der Waals surface area (Å²) in [7, 11) is 1.30. The number of nitrogens with one attached hydrogen (secondary N) is 1. The number of aliphatic hydroxyl groups is 1. The van der Waals surface area contributed by atoms with Crippen LogP contribution in [-0.2, 0) is 9.53 Å². The number of esters is 1. The minimum absolute atomic E-state index is 0.0182. The molecule has 0 fully saturated rings. The fourth-order valence-corrected chi connectivity index (χ4v) is 1.30. The highest BCUT2D eigenvalue weighted by Crippen LogP contribution is 2.12. The van der Waals surface area contributed by atoms with E-state index in [1.807, 2.05) is 0 Å². The zero-order chi connectivity index (χ0) is 12.7. The van der Waals surface area contributed by atoms with E-state index in [9.17, 15) is 9.59 Å². The summed E-state index contributed by atoms with van der Waals surface area (Å²) in [6, 6.07) is 6.50. The Hall–Kier alpha value is -1.88. The molecule has 0 aromatic heterocycles. The molecule has 0 atom stereocenters. The molecule has 1 rings (SSSR count). The van der Waals surface area contributed by atoms with E-state index in [1.54, 1.807) is 24.3 Å². The van der Waals surface area contributed by atoms with Crippen LogP contribution in [0.4, 0.5) is 5.69 Å². The van der Waals surface area contributed by atoms with Gasteiger partial charge in [0, 0.05) is 18.7 Å². The van der Waals surface area contributed by atoms with Gasteiger partial charge in [-0.25, -0.2) is 4.79 Å². The van der Waals surface area contributed by atoms with Crippen LogP contribution in [-0.4, -0.2) is 30.7 Å². The van der Waals surface area contributed by atoms with Gasteiger partial charge in [0.05, 0.1) is 12.7 Å². The van der Waals surface area contributed by atoms with Crippen LogP contribution in [0.15, 0.2) is 24.3 Å². The Kier molecular flexibility index (Phi) is 5.16. The van der Waals surface area contributed by atoms with Gasteiger partial charge in [-0.2, -0.15) is 0 Å². The van der Waals surface area contributed by atoms with Crippen molar-refractivity contribution in [1.82, 2.24) is 0 Å². The highest BCUT2D eigenvalue weighted by Gasteiger charge is 2.07. The SMILES string of the molecule is COC(=O)c1cccc(NC(=O)CCCO)c1. The molecule has 0 aliphatic heterocycles. The number of rotatable bonds is 5. The van der Waals surface area contributed by atoms with Gasteiger partial charge in [0.1, 0.15) is 0 Å². The average molecular weight is 237 g/mol. The second-order valence-electron chi connectivity index (χ2n) is 3.45.